The van der Waals surface area contributed by atoms with Crippen molar-refractivity contribution in [1.82, 2.24) is 25.2 Å². The Morgan fingerprint density at radius 1 is 1.16 bits per heavy atom. The van der Waals surface area contributed by atoms with Crippen molar-refractivity contribution < 1.29 is 9.32 Å². The van der Waals surface area contributed by atoms with Crippen LogP contribution in [0.4, 0.5) is 0 Å². The average Bonchev–Trinajstić information content (AvgIpc) is 3.18. The number of aromatic nitrogens is 1. The number of piperazine rings is 1. The fourth-order valence-electron chi connectivity index (χ4n) is 3.38. The van der Waals surface area contributed by atoms with Crippen LogP contribution in [0.3, 0.4) is 0 Å². The Balaban J connectivity index is 1.41. The Kier molecular flexibility index (Phi) is 6.27. The minimum atomic E-state index is 0.279. The first kappa shape index (κ1) is 17.7. The molecule has 0 saturated carbocycles. The lowest BCUT2D eigenvalue weighted by Gasteiger charge is -2.37. The van der Waals surface area contributed by atoms with Gasteiger partial charge in [0.25, 0.3) is 0 Å². The lowest BCUT2D eigenvalue weighted by Crippen LogP contribution is -2.54. The van der Waals surface area contributed by atoms with E-state index in [4.69, 9.17) is 4.52 Å². The maximum atomic E-state index is 12.4. The third-order valence-electron chi connectivity index (χ3n) is 4.87. The number of nitrogens with one attached hydrogen (secondary N) is 1. The standard InChI is InChI=1S/C17H28N6O2/c1-18-17(19-13-15-5-12-25-20-15)23-10-8-21(9-11-23)14-16(24)22-6-3-2-4-7-22/h5,12H,2-4,6-11,13-14H2,1H3,(H,18,19). The number of carbonyl (C=O) groups is 1. The summed E-state index contributed by atoms with van der Waals surface area (Å²) in [7, 11) is 1.79. The van der Waals surface area contributed by atoms with Crippen molar-refractivity contribution in [1.29, 1.82) is 0 Å². The molecule has 0 unspecified atom stereocenters. The van der Waals surface area contributed by atoms with Crippen molar-refractivity contribution in [2.75, 3.05) is 52.9 Å². The molecule has 0 aromatic carbocycles. The molecule has 0 radical (unpaired) electrons. The van der Waals surface area contributed by atoms with E-state index in [-0.39, 0.29) is 5.91 Å². The lowest BCUT2D eigenvalue weighted by molar-refractivity contribution is -0.133. The maximum absolute atomic E-state index is 12.4. The molecule has 1 aromatic heterocycles. The Bertz CT molecular complexity index is 560. The van der Waals surface area contributed by atoms with E-state index < -0.39 is 0 Å². The number of aliphatic imine (C=N–C) groups is 1. The van der Waals surface area contributed by atoms with E-state index in [2.05, 4.69) is 25.3 Å². The van der Waals surface area contributed by atoms with Crippen LogP contribution in [-0.2, 0) is 11.3 Å². The van der Waals surface area contributed by atoms with Crippen LogP contribution in [0.5, 0.6) is 0 Å². The molecule has 1 aromatic rings. The number of hydrogen-bond donors (Lipinski definition) is 1. The smallest absolute Gasteiger partial charge is 0.236 e. The van der Waals surface area contributed by atoms with E-state index >= 15 is 0 Å². The van der Waals surface area contributed by atoms with Crippen molar-refractivity contribution in [3.05, 3.63) is 18.0 Å². The number of likely N-dealkylation sites (tertiary alicyclic amines) is 1. The summed E-state index contributed by atoms with van der Waals surface area (Å²) >= 11 is 0. The second-order valence-electron chi connectivity index (χ2n) is 6.60. The zero-order valence-corrected chi connectivity index (χ0v) is 15.0. The van der Waals surface area contributed by atoms with Crippen molar-refractivity contribution in [2.24, 2.45) is 4.99 Å². The van der Waals surface area contributed by atoms with Gasteiger partial charge in [-0.1, -0.05) is 5.16 Å². The molecule has 138 valence electrons. The molecule has 8 nitrogen and oxygen atoms in total. The van der Waals surface area contributed by atoms with Gasteiger partial charge in [-0.25, -0.2) is 0 Å². The molecular weight excluding hydrogens is 320 g/mol. The van der Waals surface area contributed by atoms with Crippen LogP contribution in [-0.4, -0.2) is 84.6 Å². The normalized spacial score (nSPS) is 20.0. The number of guanidine groups is 1. The molecule has 0 spiro atoms. The molecule has 3 heterocycles. The van der Waals surface area contributed by atoms with Crippen molar-refractivity contribution in [3.8, 4) is 0 Å². The molecule has 0 atom stereocenters. The number of carbonyl (C=O) groups excluding carboxylic acids is 1. The summed E-state index contributed by atoms with van der Waals surface area (Å²) in [5.74, 6) is 1.15. The van der Waals surface area contributed by atoms with Gasteiger partial charge in [-0.3, -0.25) is 14.7 Å². The van der Waals surface area contributed by atoms with Gasteiger partial charge in [-0.05, 0) is 19.3 Å². The number of hydrogen-bond acceptors (Lipinski definition) is 5. The van der Waals surface area contributed by atoms with Crippen molar-refractivity contribution in [3.63, 3.8) is 0 Å². The Morgan fingerprint density at radius 3 is 2.56 bits per heavy atom. The predicted molar refractivity (Wildman–Crippen MR) is 95.1 cm³/mol. The first-order valence-corrected chi connectivity index (χ1v) is 9.11. The summed E-state index contributed by atoms with van der Waals surface area (Å²) in [4.78, 5) is 23.2. The van der Waals surface area contributed by atoms with Crippen LogP contribution in [0.2, 0.25) is 0 Å². The SMILES string of the molecule is CN=C(NCc1ccon1)N1CCN(CC(=O)N2CCCCC2)CC1. The van der Waals surface area contributed by atoms with Crippen LogP contribution < -0.4 is 5.32 Å². The molecule has 0 aliphatic carbocycles. The van der Waals surface area contributed by atoms with E-state index in [1.165, 1.54) is 6.42 Å². The number of rotatable bonds is 4. The summed E-state index contributed by atoms with van der Waals surface area (Å²) in [6.45, 7) is 6.48. The zero-order valence-electron chi connectivity index (χ0n) is 15.0. The highest BCUT2D eigenvalue weighted by atomic mass is 16.5. The molecule has 1 N–H and O–H groups in total. The fraction of sp³-hybridized carbons (Fsp3) is 0.706. The summed E-state index contributed by atoms with van der Waals surface area (Å²) in [5, 5.41) is 7.20. The van der Waals surface area contributed by atoms with E-state index in [1.54, 1.807) is 13.3 Å². The van der Waals surface area contributed by atoms with Gasteiger partial charge in [0.2, 0.25) is 5.91 Å². The topological polar surface area (TPSA) is 77.2 Å². The largest absolute Gasteiger partial charge is 0.364 e. The van der Waals surface area contributed by atoms with Gasteiger partial charge in [0.05, 0.1) is 13.1 Å². The van der Waals surface area contributed by atoms with Crippen LogP contribution in [0.15, 0.2) is 21.8 Å². The number of amides is 1. The number of nitrogens with zero attached hydrogens (tertiary/aromatic N) is 5. The molecule has 2 aliphatic heterocycles. The first-order valence-electron chi connectivity index (χ1n) is 9.11. The van der Waals surface area contributed by atoms with Gasteiger partial charge in [0.15, 0.2) is 5.96 Å². The summed E-state index contributed by atoms with van der Waals surface area (Å²) < 4.78 is 4.84. The molecule has 2 aliphatic rings. The molecule has 1 amide bonds. The van der Waals surface area contributed by atoms with Crippen molar-refractivity contribution >= 4 is 11.9 Å². The van der Waals surface area contributed by atoms with E-state index in [1.807, 2.05) is 11.0 Å². The van der Waals surface area contributed by atoms with Gasteiger partial charge in [0.1, 0.15) is 12.0 Å². The maximum Gasteiger partial charge on any atom is 0.236 e. The van der Waals surface area contributed by atoms with Crippen LogP contribution >= 0.6 is 0 Å². The van der Waals surface area contributed by atoms with Crippen LogP contribution in [0, 0.1) is 0 Å². The Morgan fingerprint density at radius 2 is 1.92 bits per heavy atom. The van der Waals surface area contributed by atoms with Gasteiger partial charge >= 0.3 is 0 Å². The zero-order chi connectivity index (χ0) is 17.5. The van der Waals surface area contributed by atoms with Crippen molar-refractivity contribution in [2.45, 2.75) is 25.8 Å². The summed E-state index contributed by atoms with van der Waals surface area (Å²) in [5.41, 5.74) is 0.854. The van der Waals surface area contributed by atoms with Gasteiger partial charge in [-0.2, -0.15) is 0 Å². The molecular formula is C17H28N6O2. The van der Waals surface area contributed by atoms with Gasteiger partial charge < -0.3 is 19.6 Å². The minimum Gasteiger partial charge on any atom is -0.364 e. The monoisotopic (exact) mass is 348 g/mol. The third-order valence-corrected chi connectivity index (χ3v) is 4.87. The van der Waals surface area contributed by atoms with Gasteiger partial charge in [-0.15, -0.1) is 0 Å². The van der Waals surface area contributed by atoms with E-state index in [0.29, 0.717) is 13.1 Å². The number of piperidine rings is 1. The highest BCUT2D eigenvalue weighted by Gasteiger charge is 2.24. The average molecular weight is 348 g/mol. The second kappa shape index (κ2) is 8.84. The highest BCUT2D eigenvalue weighted by Crippen LogP contribution is 2.10. The molecule has 2 fully saturated rings. The molecule has 3 rings (SSSR count). The Labute approximate surface area is 148 Å². The summed E-state index contributed by atoms with van der Waals surface area (Å²) in [6.07, 6.45) is 5.11. The second-order valence-corrected chi connectivity index (χ2v) is 6.60. The highest BCUT2D eigenvalue weighted by molar-refractivity contribution is 5.80. The summed E-state index contributed by atoms with van der Waals surface area (Å²) in [6, 6.07) is 1.84. The quantitative estimate of drug-likeness (QED) is 0.626. The third kappa shape index (κ3) is 4.94. The lowest BCUT2D eigenvalue weighted by atomic mass is 10.1. The van der Waals surface area contributed by atoms with Gasteiger partial charge in [0, 0.05) is 52.4 Å². The molecule has 25 heavy (non-hydrogen) atoms. The molecule has 0 bridgehead atoms. The minimum absolute atomic E-state index is 0.279. The first-order chi connectivity index (χ1) is 12.3. The van der Waals surface area contributed by atoms with Crippen LogP contribution in [0.25, 0.3) is 0 Å². The van der Waals surface area contributed by atoms with E-state index in [9.17, 15) is 4.79 Å². The van der Waals surface area contributed by atoms with Crippen LogP contribution in [0.1, 0.15) is 25.0 Å². The Hall–Kier alpha value is -2.09. The van der Waals surface area contributed by atoms with E-state index in [0.717, 1.165) is 63.8 Å². The molecule has 8 heteroatoms. The predicted octanol–water partition coefficient (Wildman–Crippen LogP) is 0.380. The molecule has 2 saturated heterocycles. The fourth-order valence-corrected chi connectivity index (χ4v) is 3.38.